The van der Waals surface area contributed by atoms with Gasteiger partial charge in [-0.15, -0.1) is 11.3 Å². The van der Waals surface area contributed by atoms with Crippen LogP contribution >= 0.6 is 11.3 Å². The molecule has 0 radical (unpaired) electrons. The smallest absolute Gasteiger partial charge is 0.475 e. The van der Waals surface area contributed by atoms with Crippen LogP contribution in [-0.2, 0) is 22.5 Å². The number of hydrogen-bond donors (Lipinski definition) is 2. The van der Waals surface area contributed by atoms with E-state index in [2.05, 4.69) is 20.2 Å². The molecule has 3 aliphatic rings. The van der Waals surface area contributed by atoms with Crippen LogP contribution < -0.4 is 10.1 Å². The number of halogens is 3. The molecule has 2 aliphatic heterocycles. The number of hydrogen-bond acceptors (Lipinski definition) is 8. The van der Waals surface area contributed by atoms with E-state index in [1.165, 1.54) is 23.3 Å². The second kappa shape index (κ2) is 10.5. The number of aromatic nitrogens is 2. The van der Waals surface area contributed by atoms with Crippen molar-refractivity contribution in [2.24, 2.45) is 0 Å². The van der Waals surface area contributed by atoms with Crippen molar-refractivity contribution in [3.63, 3.8) is 0 Å². The first kappa shape index (κ1) is 24.1. The number of carbonyl (C=O) groups is 1. The molecule has 2 aromatic rings. The van der Waals surface area contributed by atoms with Gasteiger partial charge in [0.2, 0.25) is 5.88 Å². The summed E-state index contributed by atoms with van der Waals surface area (Å²) in [6.45, 7) is 5.88. The van der Waals surface area contributed by atoms with Crippen LogP contribution in [0.25, 0.3) is 10.2 Å². The van der Waals surface area contributed by atoms with Crippen LogP contribution in [0.2, 0.25) is 0 Å². The van der Waals surface area contributed by atoms with Gasteiger partial charge >= 0.3 is 12.1 Å². The Hall–Kier alpha value is -2.02. The van der Waals surface area contributed by atoms with E-state index in [0.717, 1.165) is 74.8 Å². The number of aliphatic carboxylic acids is 1. The summed E-state index contributed by atoms with van der Waals surface area (Å²) in [6.07, 6.45) is 2.57. The Morgan fingerprint density at radius 1 is 1.21 bits per heavy atom. The molecule has 0 spiro atoms. The second-order valence-corrected chi connectivity index (χ2v) is 9.37. The Morgan fingerprint density at radius 2 is 1.91 bits per heavy atom. The molecule has 4 heterocycles. The molecule has 1 aliphatic carbocycles. The summed E-state index contributed by atoms with van der Waals surface area (Å²) < 4.78 is 43.6. The first-order valence-electron chi connectivity index (χ1n) is 11.1. The minimum absolute atomic E-state index is 0.275. The number of thiophene rings is 1. The van der Waals surface area contributed by atoms with Gasteiger partial charge in [-0.25, -0.2) is 14.8 Å². The van der Waals surface area contributed by atoms with Crippen molar-refractivity contribution in [2.75, 3.05) is 32.8 Å². The van der Waals surface area contributed by atoms with Crippen LogP contribution in [0.3, 0.4) is 0 Å². The molecule has 182 valence electrons. The Bertz CT molecular complexity index is 957. The average Bonchev–Trinajstić information content (AvgIpc) is 3.20. The minimum atomic E-state index is -5.08. The van der Waals surface area contributed by atoms with Crippen LogP contribution in [0.1, 0.15) is 36.1 Å². The van der Waals surface area contributed by atoms with Crippen molar-refractivity contribution in [3.8, 4) is 5.88 Å². The van der Waals surface area contributed by atoms with Gasteiger partial charge in [-0.2, -0.15) is 13.2 Å². The highest BCUT2D eigenvalue weighted by Gasteiger charge is 2.38. The fraction of sp³-hybridized carbons (Fsp3) is 0.667. The maximum atomic E-state index is 10.6. The molecule has 12 heteroatoms. The zero-order chi connectivity index (χ0) is 23.4. The lowest BCUT2D eigenvalue weighted by molar-refractivity contribution is -0.192. The SMILES string of the molecule is O=C(O)C(F)(F)F.c1nc(OC2CCC(N3CCOCC3)CC2)c2c3c(sc2n1)CCNC3. The Kier molecular flexibility index (Phi) is 7.67. The van der Waals surface area contributed by atoms with Gasteiger partial charge in [0, 0.05) is 37.1 Å². The van der Waals surface area contributed by atoms with Gasteiger partial charge in [-0.1, -0.05) is 0 Å². The van der Waals surface area contributed by atoms with E-state index in [1.54, 1.807) is 17.7 Å². The van der Waals surface area contributed by atoms with Gasteiger partial charge in [0.15, 0.2) is 0 Å². The number of ether oxygens (including phenoxy) is 2. The normalized spacial score (nSPS) is 24.0. The highest BCUT2D eigenvalue weighted by molar-refractivity contribution is 7.18. The molecular weight excluding hydrogens is 461 g/mol. The van der Waals surface area contributed by atoms with Crippen LogP contribution in [0.4, 0.5) is 13.2 Å². The van der Waals surface area contributed by atoms with Gasteiger partial charge in [-0.05, 0) is 37.7 Å². The monoisotopic (exact) mass is 488 g/mol. The van der Waals surface area contributed by atoms with Crippen LogP contribution in [0, 0.1) is 0 Å². The predicted octanol–water partition coefficient (Wildman–Crippen LogP) is 2.99. The zero-order valence-corrected chi connectivity index (χ0v) is 18.9. The molecule has 0 bridgehead atoms. The molecule has 0 aromatic carbocycles. The van der Waals surface area contributed by atoms with Crippen LogP contribution in [-0.4, -0.2) is 77.1 Å². The first-order valence-corrected chi connectivity index (χ1v) is 11.9. The largest absolute Gasteiger partial charge is 0.490 e. The van der Waals surface area contributed by atoms with Gasteiger partial charge in [0.1, 0.15) is 17.3 Å². The van der Waals surface area contributed by atoms with Crippen molar-refractivity contribution in [2.45, 2.75) is 57.0 Å². The Morgan fingerprint density at radius 3 is 2.58 bits per heavy atom. The van der Waals surface area contributed by atoms with Crippen molar-refractivity contribution >= 4 is 27.5 Å². The molecule has 0 unspecified atom stereocenters. The van der Waals surface area contributed by atoms with E-state index >= 15 is 0 Å². The number of fused-ring (bicyclic) bond motifs is 3. The lowest BCUT2D eigenvalue weighted by atomic mass is 9.91. The van der Waals surface area contributed by atoms with E-state index in [1.807, 2.05) is 0 Å². The molecule has 2 aromatic heterocycles. The number of nitrogens with zero attached hydrogens (tertiary/aromatic N) is 3. The third kappa shape index (κ3) is 5.92. The highest BCUT2D eigenvalue weighted by Crippen LogP contribution is 2.37. The second-order valence-electron chi connectivity index (χ2n) is 8.29. The lowest BCUT2D eigenvalue weighted by Crippen LogP contribution is -2.46. The van der Waals surface area contributed by atoms with E-state index < -0.39 is 12.1 Å². The molecule has 0 amide bonds. The van der Waals surface area contributed by atoms with Crippen molar-refractivity contribution in [3.05, 3.63) is 16.8 Å². The maximum Gasteiger partial charge on any atom is 0.490 e. The van der Waals surface area contributed by atoms with Crippen LogP contribution in [0.15, 0.2) is 6.33 Å². The molecule has 1 saturated heterocycles. The zero-order valence-electron chi connectivity index (χ0n) is 18.1. The summed E-state index contributed by atoms with van der Waals surface area (Å²) in [4.78, 5) is 23.0. The summed E-state index contributed by atoms with van der Waals surface area (Å²) in [6, 6.07) is 0.697. The van der Waals surface area contributed by atoms with Gasteiger partial charge in [0.25, 0.3) is 0 Å². The average molecular weight is 489 g/mol. The van der Waals surface area contributed by atoms with Crippen molar-refractivity contribution in [1.29, 1.82) is 0 Å². The molecule has 8 nitrogen and oxygen atoms in total. The number of carboxylic acids is 1. The molecule has 33 heavy (non-hydrogen) atoms. The Balaban J connectivity index is 0.000000325. The predicted molar refractivity (Wildman–Crippen MR) is 116 cm³/mol. The molecule has 5 rings (SSSR count). The topological polar surface area (TPSA) is 96.8 Å². The Labute approximate surface area is 193 Å². The summed E-state index contributed by atoms with van der Waals surface area (Å²) in [5.41, 5.74) is 1.36. The van der Waals surface area contributed by atoms with Crippen molar-refractivity contribution in [1.82, 2.24) is 20.2 Å². The number of carboxylic acid groups (broad SMARTS) is 1. The molecular formula is C21H27F3N4O4S. The quantitative estimate of drug-likeness (QED) is 0.681. The maximum absolute atomic E-state index is 10.6. The standard InChI is InChI=1S/C19H26N4O2S.C2HF3O2/c1-3-14(4-2-13(1)23-7-9-24-10-8-23)25-18-17-15-11-20-6-5-16(15)26-19(17)22-12-21-18;3-2(4,5)1(6)7/h12-14,20H,1-11H2;(H,6,7). The number of morpholine rings is 1. The first-order chi connectivity index (χ1) is 15.8. The number of nitrogens with one attached hydrogen (secondary N) is 1. The van der Waals surface area contributed by atoms with Gasteiger partial charge in [-0.3, -0.25) is 4.90 Å². The van der Waals surface area contributed by atoms with E-state index in [0.29, 0.717) is 6.04 Å². The molecule has 2 fully saturated rings. The minimum Gasteiger partial charge on any atom is -0.475 e. The van der Waals surface area contributed by atoms with E-state index in [9.17, 15) is 13.2 Å². The number of rotatable bonds is 3. The fourth-order valence-electron chi connectivity index (χ4n) is 4.53. The summed E-state index contributed by atoms with van der Waals surface area (Å²) in [5.74, 6) is -1.96. The molecule has 2 N–H and O–H groups in total. The summed E-state index contributed by atoms with van der Waals surface area (Å²) >= 11 is 1.81. The van der Waals surface area contributed by atoms with Gasteiger partial charge < -0.3 is 19.9 Å². The fourth-order valence-corrected chi connectivity index (χ4v) is 5.68. The summed E-state index contributed by atoms with van der Waals surface area (Å²) in [7, 11) is 0. The highest BCUT2D eigenvalue weighted by atomic mass is 32.1. The summed E-state index contributed by atoms with van der Waals surface area (Å²) in [5, 5.41) is 11.7. The van der Waals surface area contributed by atoms with Crippen molar-refractivity contribution < 1.29 is 32.5 Å². The van der Waals surface area contributed by atoms with Gasteiger partial charge in [0.05, 0.1) is 18.6 Å². The third-order valence-electron chi connectivity index (χ3n) is 6.19. The molecule has 1 saturated carbocycles. The van der Waals surface area contributed by atoms with Crippen LogP contribution in [0.5, 0.6) is 5.88 Å². The molecule has 0 atom stereocenters. The lowest BCUT2D eigenvalue weighted by Gasteiger charge is -2.38. The van der Waals surface area contributed by atoms with E-state index in [-0.39, 0.29) is 6.10 Å². The number of alkyl halides is 3. The van der Waals surface area contributed by atoms with E-state index in [4.69, 9.17) is 19.4 Å². The third-order valence-corrected chi connectivity index (χ3v) is 7.39.